The molecule has 0 radical (unpaired) electrons. The van der Waals surface area contributed by atoms with E-state index in [0.717, 1.165) is 39.0 Å². The summed E-state index contributed by atoms with van der Waals surface area (Å²) in [6.07, 6.45) is 2.60. The molecule has 0 spiro atoms. The van der Waals surface area contributed by atoms with E-state index in [1.165, 1.54) is 0 Å². The lowest BCUT2D eigenvalue weighted by Gasteiger charge is -2.10. The predicted molar refractivity (Wildman–Crippen MR) is 89.7 cm³/mol. The molecule has 0 saturated heterocycles. The molecule has 0 fully saturated rings. The standard InChI is InChI=1S/C15H16BrN5/c1-3-11-13(17)15(21(2)20-11)19-12-6-4-5-9-7-10(16)8-18-14(9)12/h4-8,19H,3,17H2,1-2H3. The normalized spacial score (nSPS) is 11.0. The quantitative estimate of drug-likeness (QED) is 0.760. The second-order valence-corrected chi connectivity index (χ2v) is 5.76. The van der Waals surface area contributed by atoms with Crippen LogP contribution in [-0.4, -0.2) is 14.8 Å². The van der Waals surface area contributed by atoms with Gasteiger partial charge in [0.2, 0.25) is 0 Å². The molecule has 0 amide bonds. The molecule has 5 nitrogen and oxygen atoms in total. The molecule has 3 rings (SSSR count). The molecule has 0 bridgehead atoms. The fourth-order valence-corrected chi connectivity index (χ4v) is 2.72. The fourth-order valence-electron chi connectivity index (χ4n) is 2.37. The van der Waals surface area contributed by atoms with Crippen LogP contribution in [0, 0.1) is 0 Å². The number of hydrogen-bond acceptors (Lipinski definition) is 4. The number of nitrogen functional groups attached to an aromatic ring is 1. The number of rotatable bonds is 3. The Hall–Kier alpha value is -2.08. The summed E-state index contributed by atoms with van der Waals surface area (Å²) < 4.78 is 2.73. The van der Waals surface area contributed by atoms with Crippen molar-refractivity contribution in [3.63, 3.8) is 0 Å². The van der Waals surface area contributed by atoms with Gasteiger partial charge in [0.1, 0.15) is 0 Å². The summed E-state index contributed by atoms with van der Waals surface area (Å²) in [4.78, 5) is 4.48. The van der Waals surface area contributed by atoms with Crippen LogP contribution in [0.25, 0.3) is 10.9 Å². The Morgan fingerprint density at radius 3 is 2.90 bits per heavy atom. The minimum Gasteiger partial charge on any atom is -0.394 e. The van der Waals surface area contributed by atoms with Crippen LogP contribution in [0.2, 0.25) is 0 Å². The van der Waals surface area contributed by atoms with Gasteiger partial charge >= 0.3 is 0 Å². The number of anilines is 3. The number of pyridine rings is 1. The third kappa shape index (κ3) is 2.47. The topological polar surface area (TPSA) is 68.8 Å². The number of para-hydroxylation sites is 1. The Kier molecular flexibility index (Phi) is 3.55. The van der Waals surface area contributed by atoms with Gasteiger partial charge in [-0.3, -0.25) is 9.67 Å². The molecular weight excluding hydrogens is 330 g/mol. The van der Waals surface area contributed by atoms with Gasteiger partial charge in [0.05, 0.1) is 22.6 Å². The monoisotopic (exact) mass is 345 g/mol. The number of nitrogens with one attached hydrogen (secondary N) is 1. The molecule has 1 aromatic carbocycles. The molecule has 6 heteroatoms. The van der Waals surface area contributed by atoms with Crippen LogP contribution in [0.1, 0.15) is 12.6 Å². The summed E-state index contributed by atoms with van der Waals surface area (Å²) in [6, 6.07) is 8.05. The minimum atomic E-state index is 0.689. The number of aromatic nitrogens is 3. The van der Waals surface area contributed by atoms with Crippen molar-refractivity contribution in [1.82, 2.24) is 14.8 Å². The summed E-state index contributed by atoms with van der Waals surface area (Å²) >= 11 is 3.44. The van der Waals surface area contributed by atoms with Gasteiger partial charge in [0.15, 0.2) is 5.82 Å². The number of nitrogens with two attached hydrogens (primary N) is 1. The van der Waals surface area contributed by atoms with Crippen molar-refractivity contribution in [2.24, 2.45) is 7.05 Å². The average molecular weight is 346 g/mol. The maximum Gasteiger partial charge on any atom is 0.152 e. The molecule has 0 aliphatic carbocycles. The molecule has 3 N–H and O–H groups in total. The predicted octanol–water partition coefficient (Wildman–Crippen LogP) is 3.62. The molecule has 0 unspecified atom stereocenters. The Morgan fingerprint density at radius 2 is 2.19 bits per heavy atom. The fraction of sp³-hybridized carbons (Fsp3) is 0.200. The first kappa shape index (κ1) is 13.9. The third-order valence-electron chi connectivity index (χ3n) is 3.43. The van der Waals surface area contributed by atoms with Crippen LogP contribution in [-0.2, 0) is 13.5 Å². The maximum absolute atomic E-state index is 6.16. The molecule has 0 aliphatic heterocycles. The summed E-state index contributed by atoms with van der Waals surface area (Å²) in [5.74, 6) is 0.795. The highest BCUT2D eigenvalue weighted by molar-refractivity contribution is 9.10. The molecule has 2 heterocycles. The number of hydrogen-bond donors (Lipinski definition) is 2. The van der Waals surface area contributed by atoms with Crippen molar-refractivity contribution in [3.05, 3.63) is 40.6 Å². The van der Waals surface area contributed by atoms with E-state index < -0.39 is 0 Å². The van der Waals surface area contributed by atoms with E-state index in [1.54, 1.807) is 10.9 Å². The van der Waals surface area contributed by atoms with Crippen molar-refractivity contribution in [1.29, 1.82) is 0 Å². The summed E-state index contributed by atoms with van der Waals surface area (Å²) in [7, 11) is 1.88. The van der Waals surface area contributed by atoms with Crippen LogP contribution in [0.5, 0.6) is 0 Å². The molecule has 108 valence electrons. The van der Waals surface area contributed by atoms with Crippen LogP contribution < -0.4 is 11.1 Å². The van der Waals surface area contributed by atoms with E-state index in [9.17, 15) is 0 Å². The van der Waals surface area contributed by atoms with Crippen LogP contribution in [0.3, 0.4) is 0 Å². The lowest BCUT2D eigenvalue weighted by atomic mass is 10.2. The van der Waals surface area contributed by atoms with Gasteiger partial charge in [-0.25, -0.2) is 0 Å². The smallest absolute Gasteiger partial charge is 0.152 e. The lowest BCUT2D eigenvalue weighted by Crippen LogP contribution is -2.02. The van der Waals surface area contributed by atoms with E-state index in [4.69, 9.17) is 5.73 Å². The molecule has 3 aromatic rings. The number of benzene rings is 1. The van der Waals surface area contributed by atoms with Gasteiger partial charge in [0, 0.05) is 23.1 Å². The van der Waals surface area contributed by atoms with E-state index in [1.807, 2.05) is 38.2 Å². The molecule has 0 saturated carbocycles. The highest BCUT2D eigenvalue weighted by atomic mass is 79.9. The van der Waals surface area contributed by atoms with Crippen molar-refractivity contribution >= 4 is 44.0 Å². The second kappa shape index (κ2) is 5.37. The highest BCUT2D eigenvalue weighted by Crippen LogP contribution is 2.30. The Balaban J connectivity index is 2.08. The lowest BCUT2D eigenvalue weighted by molar-refractivity contribution is 0.753. The van der Waals surface area contributed by atoms with Crippen LogP contribution in [0.4, 0.5) is 17.2 Å². The SMILES string of the molecule is CCc1nn(C)c(Nc2cccc3cc(Br)cnc23)c1N. The molecule has 0 aliphatic rings. The first-order valence-corrected chi connectivity index (χ1v) is 7.52. The summed E-state index contributed by atoms with van der Waals surface area (Å²) in [5, 5.41) is 8.84. The first-order chi connectivity index (χ1) is 10.1. The Morgan fingerprint density at radius 1 is 1.38 bits per heavy atom. The zero-order valence-electron chi connectivity index (χ0n) is 11.9. The van der Waals surface area contributed by atoms with Crippen molar-refractivity contribution in [3.8, 4) is 0 Å². The average Bonchev–Trinajstić information content (AvgIpc) is 2.74. The summed E-state index contributed by atoms with van der Waals surface area (Å²) in [5.41, 5.74) is 9.56. The van der Waals surface area contributed by atoms with Gasteiger partial charge in [-0.05, 0) is 34.5 Å². The Labute approximate surface area is 131 Å². The number of fused-ring (bicyclic) bond motifs is 1. The molecule has 2 aromatic heterocycles. The van der Waals surface area contributed by atoms with Crippen molar-refractivity contribution in [2.75, 3.05) is 11.1 Å². The molecular formula is C15H16BrN5. The number of aryl methyl sites for hydroxylation is 2. The zero-order chi connectivity index (χ0) is 15.0. The van der Waals surface area contributed by atoms with E-state index in [0.29, 0.717) is 5.69 Å². The van der Waals surface area contributed by atoms with E-state index in [-0.39, 0.29) is 0 Å². The zero-order valence-corrected chi connectivity index (χ0v) is 13.5. The first-order valence-electron chi connectivity index (χ1n) is 6.72. The van der Waals surface area contributed by atoms with Crippen molar-refractivity contribution < 1.29 is 0 Å². The van der Waals surface area contributed by atoms with E-state index in [2.05, 4.69) is 31.3 Å². The number of halogens is 1. The van der Waals surface area contributed by atoms with Crippen LogP contribution >= 0.6 is 15.9 Å². The highest BCUT2D eigenvalue weighted by Gasteiger charge is 2.13. The van der Waals surface area contributed by atoms with Gasteiger partial charge in [-0.2, -0.15) is 5.10 Å². The van der Waals surface area contributed by atoms with Crippen molar-refractivity contribution in [2.45, 2.75) is 13.3 Å². The molecule has 21 heavy (non-hydrogen) atoms. The number of nitrogens with zero attached hydrogens (tertiary/aromatic N) is 3. The molecule has 0 atom stereocenters. The van der Waals surface area contributed by atoms with E-state index >= 15 is 0 Å². The van der Waals surface area contributed by atoms with Gasteiger partial charge in [-0.15, -0.1) is 0 Å². The minimum absolute atomic E-state index is 0.689. The van der Waals surface area contributed by atoms with Crippen LogP contribution in [0.15, 0.2) is 34.9 Å². The van der Waals surface area contributed by atoms with Gasteiger partial charge < -0.3 is 11.1 Å². The largest absolute Gasteiger partial charge is 0.394 e. The third-order valence-corrected chi connectivity index (χ3v) is 3.86. The maximum atomic E-state index is 6.16. The Bertz CT molecular complexity index is 809. The van der Waals surface area contributed by atoms with Gasteiger partial charge in [-0.1, -0.05) is 19.1 Å². The summed E-state index contributed by atoms with van der Waals surface area (Å²) in [6.45, 7) is 2.04. The van der Waals surface area contributed by atoms with Gasteiger partial charge in [0.25, 0.3) is 0 Å². The second-order valence-electron chi connectivity index (χ2n) is 4.84.